The van der Waals surface area contributed by atoms with Gasteiger partial charge in [0.15, 0.2) is 0 Å². The Hall–Kier alpha value is -2.35. The van der Waals surface area contributed by atoms with E-state index in [9.17, 15) is 13.2 Å². The van der Waals surface area contributed by atoms with Crippen molar-refractivity contribution in [2.75, 3.05) is 24.9 Å². The van der Waals surface area contributed by atoms with Gasteiger partial charge in [-0.15, -0.1) is 0 Å². The Bertz CT molecular complexity index is 1020. The summed E-state index contributed by atoms with van der Waals surface area (Å²) in [6.07, 6.45) is 8.18. The number of benzene rings is 2. The van der Waals surface area contributed by atoms with Crippen molar-refractivity contribution in [2.45, 2.75) is 36.6 Å². The van der Waals surface area contributed by atoms with Crippen LogP contribution in [0.4, 0.5) is 5.69 Å². The fourth-order valence-electron chi connectivity index (χ4n) is 3.62. The quantitative estimate of drug-likeness (QED) is 0.550. The van der Waals surface area contributed by atoms with Gasteiger partial charge < -0.3 is 10.2 Å². The molecule has 31 heavy (non-hydrogen) atoms. The maximum absolute atomic E-state index is 12.5. The SMILES string of the molecule is CN(CCNC(=O)C=Cc1ccc(S(=O)(=O)Nc2ccccc2Cl)cc1)C1CCCC1. The largest absolute Gasteiger partial charge is 0.351 e. The molecule has 0 atom stereocenters. The Balaban J connectivity index is 1.50. The summed E-state index contributed by atoms with van der Waals surface area (Å²) in [5.74, 6) is -0.170. The first kappa shape index (κ1) is 23.3. The fraction of sp³-hybridized carbons (Fsp3) is 0.348. The molecule has 1 saturated carbocycles. The maximum Gasteiger partial charge on any atom is 0.261 e. The number of amides is 1. The summed E-state index contributed by atoms with van der Waals surface area (Å²) in [7, 11) is -1.65. The van der Waals surface area contributed by atoms with E-state index < -0.39 is 10.0 Å². The van der Waals surface area contributed by atoms with E-state index in [1.807, 2.05) is 0 Å². The van der Waals surface area contributed by atoms with Crippen LogP contribution in [0.5, 0.6) is 0 Å². The second kappa shape index (κ2) is 10.8. The molecule has 0 aromatic heterocycles. The minimum atomic E-state index is -3.75. The van der Waals surface area contributed by atoms with Gasteiger partial charge in [0, 0.05) is 25.2 Å². The van der Waals surface area contributed by atoms with Gasteiger partial charge in [0.05, 0.1) is 15.6 Å². The van der Waals surface area contributed by atoms with E-state index >= 15 is 0 Å². The summed E-state index contributed by atoms with van der Waals surface area (Å²) >= 11 is 6.02. The lowest BCUT2D eigenvalue weighted by Crippen LogP contribution is -2.36. The van der Waals surface area contributed by atoms with Crippen LogP contribution in [-0.2, 0) is 14.8 Å². The fourth-order valence-corrected chi connectivity index (χ4v) is 4.94. The van der Waals surface area contributed by atoms with E-state index in [-0.39, 0.29) is 10.8 Å². The third kappa shape index (κ3) is 6.82. The molecule has 8 heteroatoms. The van der Waals surface area contributed by atoms with Crippen molar-refractivity contribution in [3.8, 4) is 0 Å². The van der Waals surface area contributed by atoms with Gasteiger partial charge in [-0.05, 0) is 55.8 Å². The van der Waals surface area contributed by atoms with E-state index in [1.54, 1.807) is 42.5 Å². The molecule has 2 aromatic carbocycles. The second-order valence-corrected chi connectivity index (χ2v) is 9.79. The monoisotopic (exact) mass is 461 g/mol. The molecule has 3 rings (SSSR count). The lowest BCUT2D eigenvalue weighted by Gasteiger charge is -2.23. The van der Waals surface area contributed by atoms with Crippen LogP contribution in [-0.4, -0.2) is 45.4 Å². The number of nitrogens with zero attached hydrogens (tertiary/aromatic N) is 1. The molecule has 0 bridgehead atoms. The van der Waals surface area contributed by atoms with Crippen LogP contribution in [0.1, 0.15) is 31.2 Å². The molecule has 6 nitrogen and oxygen atoms in total. The van der Waals surface area contributed by atoms with Crippen LogP contribution in [0.25, 0.3) is 6.08 Å². The number of hydrogen-bond donors (Lipinski definition) is 2. The number of rotatable bonds is 9. The smallest absolute Gasteiger partial charge is 0.261 e. The summed E-state index contributed by atoms with van der Waals surface area (Å²) in [6.45, 7) is 1.43. The molecule has 0 spiro atoms. The number of hydrogen-bond acceptors (Lipinski definition) is 4. The average molecular weight is 462 g/mol. The van der Waals surface area contributed by atoms with E-state index in [1.165, 1.54) is 43.9 Å². The van der Waals surface area contributed by atoms with Crippen molar-refractivity contribution in [2.24, 2.45) is 0 Å². The highest BCUT2D eigenvalue weighted by atomic mass is 35.5. The number of carbonyl (C=O) groups excluding carboxylic acids is 1. The van der Waals surface area contributed by atoms with E-state index in [4.69, 9.17) is 11.6 Å². The van der Waals surface area contributed by atoms with Crippen LogP contribution < -0.4 is 10.0 Å². The zero-order valence-corrected chi connectivity index (χ0v) is 19.1. The molecule has 1 aliphatic carbocycles. The highest BCUT2D eigenvalue weighted by Gasteiger charge is 2.19. The average Bonchev–Trinajstić information content (AvgIpc) is 3.29. The molecule has 0 aliphatic heterocycles. The zero-order chi connectivity index (χ0) is 22.3. The summed E-state index contributed by atoms with van der Waals surface area (Å²) in [4.78, 5) is 14.5. The highest BCUT2D eigenvalue weighted by molar-refractivity contribution is 7.92. The van der Waals surface area contributed by atoms with Gasteiger partial charge in [0.2, 0.25) is 5.91 Å². The Morgan fingerprint density at radius 3 is 2.48 bits per heavy atom. The van der Waals surface area contributed by atoms with Crippen LogP contribution in [0, 0.1) is 0 Å². The topological polar surface area (TPSA) is 78.5 Å². The molecule has 0 heterocycles. The van der Waals surface area contributed by atoms with Crippen molar-refractivity contribution in [3.05, 3.63) is 65.2 Å². The van der Waals surface area contributed by atoms with E-state index in [0.29, 0.717) is 23.3 Å². The molecule has 1 fully saturated rings. The highest BCUT2D eigenvalue weighted by Crippen LogP contribution is 2.24. The van der Waals surface area contributed by atoms with Crippen molar-refractivity contribution < 1.29 is 13.2 Å². The molecule has 0 unspecified atom stereocenters. The van der Waals surface area contributed by atoms with Gasteiger partial charge >= 0.3 is 0 Å². The summed E-state index contributed by atoms with van der Waals surface area (Å²) in [6, 6.07) is 13.6. The summed E-state index contributed by atoms with van der Waals surface area (Å²) in [5, 5.41) is 3.21. The van der Waals surface area contributed by atoms with Crippen LogP contribution in [0.2, 0.25) is 5.02 Å². The Labute approximate surface area is 189 Å². The Morgan fingerprint density at radius 1 is 1.13 bits per heavy atom. The minimum absolute atomic E-state index is 0.115. The predicted octanol–water partition coefficient (Wildman–Crippen LogP) is 4.14. The van der Waals surface area contributed by atoms with Crippen molar-refractivity contribution in [1.29, 1.82) is 0 Å². The number of halogens is 1. The van der Waals surface area contributed by atoms with Gasteiger partial charge in [-0.3, -0.25) is 9.52 Å². The number of nitrogens with one attached hydrogen (secondary N) is 2. The summed E-state index contributed by atoms with van der Waals surface area (Å²) in [5.41, 5.74) is 1.05. The van der Waals surface area contributed by atoms with E-state index in [0.717, 1.165) is 12.1 Å². The Morgan fingerprint density at radius 2 is 1.81 bits per heavy atom. The number of likely N-dealkylation sites (N-methyl/N-ethyl adjacent to an activating group) is 1. The number of para-hydroxylation sites is 1. The first-order chi connectivity index (χ1) is 14.8. The predicted molar refractivity (Wildman–Crippen MR) is 126 cm³/mol. The van der Waals surface area contributed by atoms with Gasteiger partial charge in [0.1, 0.15) is 0 Å². The Kier molecular flexibility index (Phi) is 8.12. The number of carbonyl (C=O) groups is 1. The van der Waals surface area contributed by atoms with Crippen molar-refractivity contribution in [1.82, 2.24) is 10.2 Å². The van der Waals surface area contributed by atoms with Gasteiger partial charge in [0.25, 0.3) is 10.0 Å². The molecule has 1 amide bonds. The van der Waals surface area contributed by atoms with Gasteiger partial charge in [-0.25, -0.2) is 8.42 Å². The molecule has 0 radical (unpaired) electrons. The standard InChI is InChI=1S/C23H28ClN3O3S/c1-27(19-6-2-3-7-19)17-16-25-23(28)15-12-18-10-13-20(14-11-18)31(29,30)26-22-9-5-4-8-21(22)24/h4-5,8-15,19,26H,2-3,6-7,16-17H2,1H3,(H,25,28). The van der Waals surface area contributed by atoms with Crippen molar-refractivity contribution in [3.63, 3.8) is 0 Å². The van der Waals surface area contributed by atoms with Crippen LogP contribution in [0.3, 0.4) is 0 Å². The molecule has 2 aromatic rings. The molecule has 0 saturated heterocycles. The second-order valence-electron chi connectivity index (χ2n) is 7.70. The minimum Gasteiger partial charge on any atom is -0.351 e. The third-order valence-electron chi connectivity index (χ3n) is 5.45. The van der Waals surface area contributed by atoms with E-state index in [2.05, 4.69) is 22.0 Å². The van der Waals surface area contributed by atoms with Crippen molar-refractivity contribution >= 4 is 39.3 Å². The van der Waals surface area contributed by atoms with Crippen LogP contribution in [0.15, 0.2) is 59.5 Å². The maximum atomic E-state index is 12.5. The molecular formula is C23H28ClN3O3S. The molecule has 166 valence electrons. The lowest BCUT2D eigenvalue weighted by atomic mass is 10.2. The summed E-state index contributed by atoms with van der Waals surface area (Å²) < 4.78 is 27.6. The molecular weight excluding hydrogens is 434 g/mol. The van der Waals surface area contributed by atoms with Gasteiger partial charge in [-0.2, -0.15) is 0 Å². The number of anilines is 1. The normalized spacial score (nSPS) is 14.9. The first-order valence-corrected chi connectivity index (χ1v) is 12.2. The first-order valence-electron chi connectivity index (χ1n) is 10.4. The number of sulfonamides is 1. The third-order valence-corrected chi connectivity index (χ3v) is 7.16. The molecule has 1 aliphatic rings. The van der Waals surface area contributed by atoms with Crippen LogP contribution >= 0.6 is 11.6 Å². The zero-order valence-electron chi connectivity index (χ0n) is 17.6. The van der Waals surface area contributed by atoms with Gasteiger partial charge in [-0.1, -0.05) is 48.7 Å². The lowest BCUT2D eigenvalue weighted by molar-refractivity contribution is -0.116. The molecule has 2 N–H and O–H groups in total.